The van der Waals surface area contributed by atoms with Crippen molar-refractivity contribution in [3.05, 3.63) is 70.4 Å². The molecule has 1 aromatic carbocycles. The highest BCUT2D eigenvalue weighted by Gasteiger charge is 2.15. The standard InChI is InChI=1S/C20H22N4O/c1-14(15-8-9-21-19(25)12-15)23-17-6-4-5-16(11-17)20-22-13-18-7-2-3-10-24(18)20/h4-6,8-9,11-14,23H,2-3,7,10H2,1H3,(H,21,25). The van der Waals surface area contributed by atoms with Gasteiger partial charge >= 0.3 is 0 Å². The van der Waals surface area contributed by atoms with Gasteiger partial charge < -0.3 is 14.9 Å². The van der Waals surface area contributed by atoms with E-state index in [-0.39, 0.29) is 11.6 Å². The molecule has 1 atom stereocenters. The molecule has 2 aromatic heterocycles. The fraction of sp³-hybridized carbons (Fsp3) is 0.300. The van der Waals surface area contributed by atoms with Gasteiger partial charge in [0.1, 0.15) is 5.82 Å². The van der Waals surface area contributed by atoms with Crippen molar-refractivity contribution >= 4 is 5.69 Å². The SMILES string of the molecule is CC(Nc1cccc(-c2ncc3n2CCCC3)c1)c1cc[nH]c(=O)c1. The summed E-state index contributed by atoms with van der Waals surface area (Å²) in [5.41, 5.74) is 4.36. The Kier molecular flexibility index (Phi) is 4.14. The number of hydrogen-bond donors (Lipinski definition) is 2. The third kappa shape index (κ3) is 3.22. The number of fused-ring (bicyclic) bond motifs is 1. The number of hydrogen-bond acceptors (Lipinski definition) is 3. The van der Waals surface area contributed by atoms with Crippen molar-refractivity contribution in [2.75, 3.05) is 5.32 Å². The molecule has 128 valence electrons. The van der Waals surface area contributed by atoms with E-state index in [4.69, 9.17) is 0 Å². The second kappa shape index (κ2) is 6.59. The van der Waals surface area contributed by atoms with E-state index in [0.29, 0.717) is 0 Å². The van der Waals surface area contributed by atoms with Crippen molar-refractivity contribution in [2.24, 2.45) is 0 Å². The van der Waals surface area contributed by atoms with Crippen molar-refractivity contribution in [1.29, 1.82) is 0 Å². The zero-order valence-corrected chi connectivity index (χ0v) is 14.3. The van der Waals surface area contributed by atoms with E-state index in [1.807, 2.05) is 24.4 Å². The first-order chi connectivity index (χ1) is 12.2. The van der Waals surface area contributed by atoms with Crippen LogP contribution in [0.1, 0.15) is 37.1 Å². The lowest BCUT2D eigenvalue weighted by atomic mass is 10.1. The first-order valence-corrected chi connectivity index (χ1v) is 8.81. The Hall–Kier alpha value is -2.82. The molecule has 0 fully saturated rings. The van der Waals surface area contributed by atoms with Crippen LogP contribution >= 0.6 is 0 Å². The molecule has 5 nitrogen and oxygen atoms in total. The van der Waals surface area contributed by atoms with Crippen molar-refractivity contribution in [3.8, 4) is 11.4 Å². The van der Waals surface area contributed by atoms with E-state index in [0.717, 1.165) is 35.6 Å². The van der Waals surface area contributed by atoms with Gasteiger partial charge in [0.2, 0.25) is 5.56 Å². The predicted octanol–water partition coefficient (Wildman–Crippen LogP) is 3.75. The number of aromatic nitrogens is 3. The van der Waals surface area contributed by atoms with E-state index in [9.17, 15) is 4.79 Å². The van der Waals surface area contributed by atoms with Crippen LogP contribution in [-0.4, -0.2) is 14.5 Å². The maximum Gasteiger partial charge on any atom is 0.248 e. The molecule has 0 bridgehead atoms. The first-order valence-electron chi connectivity index (χ1n) is 8.81. The van der Waals surface area contributed by atoms with Crippen molar-refractivity contribution in [2.45, 2.75) is 38.8 Å². The molecule has 5 heteroatoms. The van der Waals surface area contributed by atoms with E-state index >= 15 is 0 Å². The lowest BCUT2D eigenvalue weighted by Crippen LogP contribution is -2.12. The molecule has 3 heterocycles. The number of anilines is 1. The molecule has 0 radical (unpaired) electrons. The lowest BCUT2D eigenvalue weighted by molar-refractivity contribution is 0.536. The smallest absolute Gasteiger partial charge is 0.248 e. The normalized spacial score (nSPS) is 14.8. The van der Waals surface area contributed by atoms with Gasteiger partial charge in [-0.15, -0.1) is 0 Å². The summed E-state index contributed by atoms with van der Waals surface area (Å²) in [5, 5.41) is 3.48. The zero-order valence-electron chi connectivity index (χ0n) is 14.3. The molecule has 0 aliphatic carbocycles. The van der Waals surface area contributed by atoms with Gasteiger partial charge in [0, 0.05) is 48.0 Å². The Morgan fingerprint density at radius 1 is 1.24 bits per heavy atom. The summed E-state index contributed by atoms with van der Waals surface area (Å²) in [5.74, 6) is 1.04. The molecular formula is C20H22N4O. The number of imidazole rings is 1. The minimum absolute atomic E-state index is 0.0479. The number of aryl methyl sites for hydroxylation is 1. The fourth-order valence-electron chi connectivity index (χ4n) is 3.48. The monoisotopic (exact) mass is 334 g/mol. The largest absolute Gasteiger partial charge is 0.378 e. The highest BCUT2D eigenvalue weighted by Crippen LogP contribution is 2.27. The zero-order chi connectivity index (χ0) is 17.2. The molecule has 1 aliphatic rings. The summed E-state index contributed by atoms with van der Waals surface area (Å²) in [7, 11) is 0. The molecule has 25 heavy (non-hydrogen) atoms. The quantitative estimate of drug-likeness (QED) is 0.764. The number of rotatable bonds is 4. The van der Waals surface area contributed by atoms with Gasteiger partial charge in [-0.2, -0.15) is 0 Å². The predicted molar refractivity (Wildman–Crippen MR) is 99.7 cm³/mol. The summed E-state index contributed by atoms with van der Waals surface area (Å²) >= 11 is 0. The molecule has 0 saturated heterocycles. The molecule has 4 rings (SSSR count). The summed E-state index contributed by atoms with van der Waals surface area (Å²) in [6.45, 7) is 3.10. The number of nitrogens with zero attached hydrogens (tertiary/aromatic N) is 2. The third-order valence-corrected chi connectivity index (χ3v) is 4.81. The summed E-state index contributed by atoms with van der Waals surface area (Å²) in [4.78, 5) is 18.8. The molecular weight excluding hydrogens is 312 g/mol. The first kappa shape index (κ1) is 15.7. The van der Waals surface area contributed by atoms with Gasteiger partial charge in [-0.1, -0.05) is 12.1 Å². The van der Waals surface area contributed by atoms with Crippen LogP contribution in [-0.2, 0) is 13.0 Å². The van der Waals surface area contributed by atoms with E-state index in [1.165, 1.54) is 18.5 Å². The Balaban J connectivity index is 1.59. The van der Waals surface area contributed by atoms with Crippen LogP contribution in [0.3, 0.4) is 0 Å². The van der Waals surface area contributed by atoms with Gasteiger partial charge in [-0.25, -0.2) is 4.98 Å². The van der Waals surface area contributed by atoms with Crippen molar-refractivity contribution in [3.63, 3.8) is 0 Å². The summed E-state index contributed by atoms with van der Waals surface area (Å²) in [6, 6.07) is 11.9. The summed E-state index contributed by atoms with van der Waals surface area (Å²) in [6.07, 6.45) is 7.27. The van der Waals surface area contributed by atoms with Crippen LogP contribution in [0.5, 0.6) is 0 Å². The van der Waals surface area contributed by atoms with Crippen molar-refractivity contribution < 1.29 is 0 Å². The van der Waals surface area contributed by atoms with E-state index < -0.39 is 0 Å². The lowest BCUT2D eigenvalue weighted by Gasteiger charge is -2.18. The molecule has 3 aromatic rings. The summed E-state index contributed by atoms with van der Waals surface area (Å²) < 4.78 is 2.34. The van der Waals surface area contributed by atoms with Gasteiger partial charge in [0.25, 0.3) is 0 Å². The Bertz CT molecular complexity index is 941. The van der Waals surface area contributed by atoms with Crippen LogP contribution in [0.2, 0.25) is 0 Å². The van der Waals surface area contributed by atoms with Crippen LogP contribution in [0, 0.1) is 0 Å². The van der Waals surface area contributed by atoms with Crippen LogP contribution in [0.25, 0.3) is 11.4 Å². The molecule has 0 saturated carbocycles. The van der Waals surface area contributed by atoms with Crippen LogP contribution < -0.4 is 10.9 Å². The number of nitrogens with one attached hydrogen (secondary N) is 2. The highest BCUT2D eigenvalue weighted by molar-refractivity contribution is 5.63. The van der Waals surface area contributed by atoms with Gasteiger partial charge in [0.15, 0.2) is 0 Å². The minimum atomic E-state index is -0.0797. The second-order valence-electron chi connectivity index (χ2n) is 6.61. The Labute approximate surface area is 146 Å². The molecule has 1 unspecified atom stereocenters. The van der Waals surface area contributed by atoms with E-state index in [1.54, 1.807) is 12.3 Å². The van der Waals surface area contributed by atoms with Crippen LogP contribution in [0.15, 0.2) is 53.6 Å². The number of benzene rings is 1. The molecule has 1 aliphatic heterocycles. The van der Waals surface area contributed by atoms with Crippen LogP contribution in [0.4, 0.5) is 5.69 Å². The highest BCUT2D eigenvalue weighted by atomic mass is 16.1. The number of aromatic amines is 1. The van der Waals surface area contributed by atoms with E-state index in [2.05, 4.69) is 38.9 Å². The average Bonchev–Trinajstić information content (AvgIpc) is 3.06. The van der Waals surface area contributed by atoms with Gasteiger partial charge in [-0.05, 0) is 49.9 Å². The van der Waals surface area contributed by atoms with Gasteiger partial charge in [-0.3, -0.25) is 4.79 Å². The number of H-pyrrole nitrogens is 1. The second-order valence-corrected chi connectivity index (χ2v) is 6.61. The Morgan fingerprint density at radius 2 is 2.16 bits per heavy atom. The third-order valence-electron chi connectivity index (χ3n) is 4.81. The maximum atomic E-state index is 11.5. The topological polar surface area (TPSA) is 62.7 Å². The minimum Gasteiger partial charge on any atom is -0.378 e. The van der Waals surface area contributed by atoms with Crippen molar-refractivity contribution in [1.82, 2.24) is 14.5 Å². The fourth-order valence-corrected chi connectivity index (χ4v) is 3.48. The molecule has 2 N–H and O–H groups in total. The number of pyridine rings is 1. The molecule has 0 spiro atoms. The average molecular weight is 334 g/mol. The Morgan fingerprint density at radius 3 is 3.04 bits per heavy atom. The maximum absolute atomic E-state index is 11.5. The molecule has 0 amide bonds. The van der Waals surface area contributed by atoms with Gasteiger partial charge in [0.05, 0.1) is 0 Å².